The second-order valence-corrected chi connectivity index (χ2v) is 3.66. The van der Waals surface area contributed by atoms with Gasteiger partial charge in [0.2, 0.25) is 0 Å². The van der Waals surface area contributed by atoms with Crippen molar-refractivity contribution in [3.05, 3.63) is 28.2 Å². The van der Waals surface area contributed by atoms with Gasteiger partial charge in [0.05, 0.1) is 5.69 Å². The summed E-state index contributed by atoms with van der Waals surface area (Å²) in [6, 6.07) is 1.56. The maximum Gasteiger partial charge on any atom is 0.260 e. The van der Waals surface area contributed by atoms with Crippen LogP contribution in [-0.2, 0) is 0 Å². The molecular formula is C10H13N3O2. The molecule has 0 atom stereocenters. The van der Waals surface area contributed by atoms with Crippen LogP contribution < -0.4 is 16.2 Å². The van der Waals surface area contributed by atoms with E-state index in [1.54, 1.807) is 12.3 Å². The number of hydrogen-bond acceptors (Lipinski definition) is 3. The zero-order valence-electron chi connectivity index (χ0n) is 8.32. The zero-order valence-corrected chi connectivity index (χ0v) is 8.32. The first-order valence-corrected chi connectivity index (χ1v) is 4.96. The van der Waals surface area contributed by atoms with Crippen LogP contribution in [0, 0.1) is 0 Å². The number of nitrogens with one attached hydrogen (secondary N) is 1. The van der Waals surface area contributed by atoms with Gasteiger partial charge < -0.3 is 15.6 Å². The van der Waals surface area contributed by atoms with Gasteiger partial charge in [-0.05, 0) is 18.9 Å². The number of carbonyl (C=O) groups is 1. The Hall–Kier alpha value is -1.78. The van der Waals surface area contributed by atoms with Crippen LogP contribution in [0.25, 0.3) is 0 Å². The van der Waals surface area contributed by atoms with Crippen molar-refractivity contribution in [2.45, 2.75) is 12.8 Å². The predicted molar refractivity (Wildman–Crippen MR) is 57.0 cm³/mol. The van der Waals surface area contributed by atoms with E-state index in [4.69, 9.17) is 5.73 Å². The maximum atomic E-state index is 11.3. The van der Waals surface area contributed by atoms with E-state index in [0.29, 0.717) is 0 Å². The number of pyridine rings is 1. The Kier molecular flexibility index (Phi) is 2.45. The van der Waals surface area contributed by atoms with E-state index in [1.165, 1.54) is 0 Å². The fraction of sp³-hybridized carbons (Fsp3) is 0.400. The van der Waals surface area contributed by atoms with Crippen LogP contribution in [0.2, 0.25) is 0 Å². The number of nitrogens with two attached hydrogens (primary N) is 1. The molecule has 0 aliphatic carbocycles. The van der Waals surface area contributed by atoms with E-state index in [1.807, 2.05) is 0 Å². The molecule has 1 aliphatic rings. The molecule has 2 heterocycles. The molecule has 1 aromatic heterocycles. The van der Waals surface area contributed by atoms with Crippen LogP contribution in [0.3, 0.4) is 0 Å². The zero-order chi connectivity index (χ0) is 10.8. The Balaban J connectivity index is 2.37. The average Bonchev–Trinajstić information content (AvgIpc) is 2.71. The number of aromatic nitrogens is 1. The lowest BCUT2D eigenvalue weighted by atomic mass is 10.2. The lowest BCUT2D eigenvalue weighted by Gasteiger charge is -2.17. The van der Waals surface area contributed by atoms with Crippen LogP contribution in [-0.4, -0.2) is 24.0 Å². The highest BCUT2D eigenvalue weighted by molar-refractivity contribution is 5.93. The first kappa shape index (κ1) is 9.76. The number of hydrogen-bond donors (Lipinski definition) is 2. The molecule has 1 amide bonds. The van der Waals surface area contributed by atoms with Crippen LogP contribution in [0.1, 0.15) is 23.2 Å². The SMILES string of the molecule is NC(=O)c1cc(N2CCCC2)c[nH]c1=O. The lowest BCUT2D eigenvalue weighted by molar-refractivity contribution is 0.0999. The normalized spacial score (nSPS) is 15.6. The van der Waals surface area contributed by atoms with Gasteiger partial charge in [-0.3, -0.25) is 9.59 Å². The largest absolute Gasteiger partial charge is 0.370 e. The minimum atomic E-state index is -0.683. The van der Waals surface area contributed by atoms with Gasteiger partial charge in [0.25, 0.3) is 11.5 Å². The molecule has 2 rings (SSSR count). The molecule has 1 aliphatic heterocycles. The second-order valence-electron chi connectivity index (χ2n) is 3.66. The highest BCUT2D eigenvalue weighted by Crippen LogP contribution is 2.18. The fourth-order valence-corrected chi connectivity index (χ4v) is 1.81. The van der Waals surface area contributed by atoms with E-state index >= 15 is 0 Å². The highest BCUT2D eigenvalue weighted by atomic mass is 16.2. The lowest BCUT2D eigenvalue weighted by Crippen LogP contribution is -2.26. The molecule has 15 heavy (non-hydrogen) atoms. The van der Waals surface area contributed by atoms with E-state index in [-0.39, 0.29) is 5.56 Å². The summed E-state index contributed by atoms with van der Waals surface area (Å²) in [7, 11) is 0. The molecule has 80 valence electrons. The molecular weight excluding hydrogens is 194 g/mol. The van der Waals surface area contributed by atoms with Crippen LogP contribution in [0.4, 0.5) is 5.69 Å². The number of amides is 1. The summed E-state index contributed by atoms with van der Waals surface area (Å²) in [5.74, 6) is -0.683. The monoisotopic (exact) mass is 207 g/mol. The molecule has 0 aromatic carbocycles. The summed E-state index contributed by atoms with van der Waals surface area (Å²) in [6.45, 7) is 1.93. The van der Waals surface area contributed by atoms with Crippen molar-refractivity contribution in [1.29, 1.82) is 0 Å². The number of H-pyrrole nitrogens is 1. The van der Waals surface area contributed by atoms with E-state index < -0.39 is 11.5 Å². The highest BCUT2D eigenvalue weighted by Gasteiger charge is 2.15. The van der Waals surface area contributed by atoms with E-state index in [0.717, 1.165) is 31.6 Å². The molecule has 0 radical (unpaired) electrons. The summed E-state index contributed by atoms with van der Waals surface area (Å²) < 4.78 is 0. The van der Waals surface area contributed by atoms with Crippen molar-refractivity contribution in [3.8, 4) is 0 Å². The third-order valence-electron chi connectivity index (χ3n) is 2.62. The topological polar surface area (TPSA) is 79.2 Å². The third kappa shape index (κ3) is 1.86. The van der Waals surface area contributed by atoms with Gasteiger partial charge in [-0.2, -0.15) is 0 Å². The van der Waals surface area contributed by atoms with Crippen LogP contribution in [0.5, 0.6) is 0 Å². The number of rotatable bonds is 2. The van der Waals surface area contributed by atoms with Gasteiger partial charge in [-0.25, -0.2) is 0 Å². The molecule has 0 spiro atoms. The first-order valence-electron chi connectivity index (χ1n) is 4.96. The maximum absolute atomic E-state index is 11.3. The fourth-order valence-electron chi connectivity index (χ4n) is 1.81. The number of carbonyl (C=O) groups excluding carboxylic acids is 1. The van der Waals surface area contributed by atoms with Crippen molar-refractivity contribution < 1.29 is 4.79 Å². The quantitative estimate of drug-likeness (QED) is 0.720. The summed E-state index contributed by atoms with van der Waals surface area (Å²) in [5, 5.41) is 0. The Morgan fingerprint density at radius 1 is 1.40 bits per heavy atom. The first-order chi connectivity index (χ1) is 7.18. The molecule has 0 unspecified atom stereocenters. The molecule has 0 bridgehead atoms. The van der Waals surface area contributed by atoms with Crippen molar-refractivity contribution in [1.82, 2.24) is 4.98 Å². The Morgan fingerprint density at radius 3 is 2.67 bits per heavy atom. The van der Waals surface area contributed by atoms with Gasteiger partial charge in [0.1, 0.15) is 5.56 Å². The minimum Gasteiger partial charge on any atom is -0.370 e. The Labute approximate surface area is 86.9 Å². The van der Waals surface area contributed by atoms with Gasteiger partial charge in [0.15, 0.2) is 0 Å². The van der Waals surface area contributed by atoms with Crippen molar-refractivity contribution in [2.75, 3.05) is 18.0 Å². The number of aromatic amines is 1. The van der Waals surface area contributed by atoms with Gasteiger partial charge in [-0.1, -0.05) is 0 Å². The van der Waals surface area contributed by atoms with Crippen LogP contribution in [0.15, 0.2) is 17.1 Å². The molecule has 3 N–H and O–H groups in total. The smallest absolute Gasteiger partial charge is 0.260 e. The third-order valence-corrected chi connectivity index (χ3v) is 2.62. The summed E-state index contributed by atoms with van der Waals surface area (Å²) in [5.41, 5.74) is 5.57. The van der Waals surface area contributed by atoms with Gasteiger partial charge in [-0.15, -0.1) is 0 Å². The molecule has 1 aromatic rings. The Morgan fingerprint density at radius 2 is 2.07 bits per heavy atom. The molecule has 1 saturated heterocycles. The predicted octanol–water partition coefficient (Wildman–Crippen LogP) is 0.0740. The van der Waals surface area contributed by atoms with E-state index in [9.17, 15) is 9.59 Å². The molecule has 1 fully saturated rings. The van der Waals surface area contributed by atoms with E-state index in [2.05, 4.69) is 9.88 Å². The second kappa shape index (κ2) is 3.76. The standard InChI is InChI=1S/C10H13N3O2/c11-9(14)8-5-7(6-12-10(8)15)13-3-1-2-4-13/h5-6H,1-4H2,(H2,11,14)(H,12,15). The number of anilines is 1. The molecule has 5 heteroatoms. The number of primary amides is 1. The van der Waals surface area contributed by atoms with Crippen molar-refractivity contribution >= 4 is 11.6 Å². The minimum absolute atomic E-state index is 0.0272. The van der Waals surface area contributed by atoms with Crippen molar-refractivity contribution in [3.63, 3.8) is 0 Å². The summed E-state index contributed by atoms with van der Waals surface area (Å²) in [4.78, 5) is 26.9. The van der Waals surface area contributed by atoms with Gasteiger partial charge in [0, 0.05) is 19.3 Å². The molecule has 5 nitrogen and oxygen atoms in total. The Bertz CT molecular complexity index is 433. The van der Waals surface area contributed by atoms with Gasteiger partial charge >= 0.3 is 0 Å². The molecule has 0 saturated carbocycles. The number of nitrogens with zero attached hydrogens (tertiary/aromatic N) is 1. The van der Waals surface area contributed by atoms with Crippen molar-refractivity contribution in [2.24, 2.45) is 5.73 Å². The average molecular weight is 207 g/mol. The van der Waals surface area contributed by atoms with Crippen LogP contribution >= 0.6 is 0 Å². The summed E-state index contributed by atoms with van der Waals surface area (Å²) >= 11 is 0. The summed E-state index contributed by atoms with van der Waals surface area (Å²) in [6.07, 6.45) is 3.91.